The summed E-state index contributed by atoms with van der Waals surface area (Å²) < 4.78 is 37.5. The van der Waals surface area contributed by atoms with Crippen LogP contribution in [-0.4, -0.2) is 99.8 Å². The maximum atomic E-state index is 14.3. The summed E-state index contributed by atoms with van der Waals surface area (Å²) in [6.45, 7) is 9.52. The van der Waals surface area contributed by atoms with E-state index in [1.807, 2.05) is 44.2 Å². The Morgan fingerprint density at radius 3 is 2.62 bits per heavy atom. The van der Waals surface area contributed by atoms with Crippen molar-refractivity contribution in [3.63, 3.8) is 0 Å². The molecule has 0 spiro atoms. The number of thiophene rings is 1. The molecular weight excluding hydrogens is 761 g/mol. The number of nitrogens with one attached hydrogen (secondary N) is 1. The summed E-state index contributed by atoms with van der Waals surface area (Å²) in [5, 5.41) is 14.7. The number of para-hydroxylation sites is 1. The molecule has 7 rings (SSSR count). The molecule has 0 amide bonds. The normalized spacial score (nSPS) is 14.2. The molecule has 0 radical (unpaired) electrons. The number of carboxylic acids is 1. The predicted molar refractivity (Wildman–Crippen MR) is 212 cm³/mol. The fourth-order valence-electron chi connectivity index (χ4n) is 6.51. The van der Waals surface area contributed by atoms with Crippen LogP contribution in [0.25, 0.3) is 32.0 Å². The van der Waals surface area contributed by atoms with E-state index >= 15 is 0 Å². The average Bonchev–Trinajstić information content (AvgIpc) is 3.81. The Labute approximate surface area is 332 Å². The Balaban J connectivity index is 1.19. The Hall–Kier alpha value is -5.35. The maximum Gasteiger partial charge on any atom is 0.326 e. The van der Waals surface area contributed by atoms with Crippen LogP contribution in [0.1, 0.15) is 23.7 Å². The van der Waals surface area contributed by atoms with Crippen molar-refractivity contribution in [2.45, 2.75) is 32.9 Å². The number of nitrogens with zero attached hydrogens (tertiary/aromatic N) is 6. The number of aliphatic carboxylic acids is 1. The van der Waals surface area contributed by atoms with E-state index in [0.29, 0.717) is 72.8 Å². The zero-order valence-corrected chi connectivity index (χ0v) is 32.7. The lowest BCUT2D eigenvalue weighted by atomic mass is 9.97. The van der Waals surface area contributed by atoms with E-state index in [1.165, 1.54) is 23.7 Å². The quantitative estimate of drug-likeness (QED) is 0.102. The SMILES string of the molecule is CCOc1nccc(COc2ccccc2C[C@@H](Nc2ncnc3sc(-c4ccc(F)o4)c(-c4ccc(OCCN5CCN(C)CC5)c(Cl)c4C)c23)C(=O)O)n1. The fraction of sp³-hybridized carbons (Fsp3) is 0.325. The summed E-state index contributed by atoms with van der Waals surface area (Å²) in [5.74, 6) is 0.499. The Morgan fingerprint density at radius 2 is 1.86 bits per heavy atom. The van der Waals surface area contributed by atoms with E-state index in [2.05, 4.69) is 42.1 Å². The van der Waals surface area contributed by atoms with Gasteiger partial charge in [-0.25, -0.2) is 19.7 Å². The largest absolute Gasteiger partial charge is 0.491 e. The molecule has 1 saturated heterocycles. The summed E-state index contributed by atoms with van der Waals surface area (Å²) in [6, 6.07) is 13.8. The van der Waals surface area contributed by atoms with Gasteiger partial charge in [0.1, 0.15) is 53.5 Å². The first-order valence-corrected chi connectivity index (χ1v) is 19.4. The number of anilines is 1. The van der Waals surface area contributed by atoms with Gasteiger partial charge in [0, 0.05) is 57.0 Å². The van der Waals surface area contributed by atoms with Crippen molar-refractivity contribution in [1.82, 2.24) is 29.7 Å². The molecule has 6 aromatic rings. The van der Waals surface area contributed by atoms with Crippen molar-refractivity contribution in [3.8, 4) is 39.3 Å². The standard InChI is InChI=1S/C40H41ClFN7O6S/c1-4-52-40-43-14-13-26(46-40)22-54-29-8-6-5-7-25(29)21-28(39(50)51)47-37-34-33(36(31-11-12-32(42)55-31)56-38(34)45-23-44-37)27-9-10-30(35(41)24(27)2)53-20-19-49-17-15-48(3)16-18-49/h5-14,23,28H,4,15-22H2,1-3H3,(H,50,51)(H,44,45,47)/t28-/m1/s1. The number of ether oxygens (including phenoxy) is 3. The number of furan rings is 1. The molecule has 13 nitrogen and oxygen atoms in total. The van der Waals surface area contributed by atoms with Crippen LogP contribution in [0, 0.1) is 12.9 Å². The highest BCUT2D eigenvalue weighted by Crippen LogP contribution is 2.49. The van der Waals surface area contributed by atoms with Crippen LogP contribution in [-0.2, 0) is 17.8 Å². The molecule has 292 valence electrons. The zero-order valence-electron chi connectivity index (χ0n) is 31.1. The molecule has 0 unspecified atom stereocenters. The highest BCUT2D eigenvalue weighted by atomic mass is 35.5. The van der Waals surface area contributed by atoms with Crippen molar-refractivity contribution in [2.75, 3.05) is 58.3 Å². The van der Waals surface area contributed by atoms with E-state index in [4.69, 9.17) is 30.2 Å². The first-order valence-electron chi connectivity index (χ1n) is 18.2. The molecule has 2 aromatic carbocycles. The van der Waals surface area contributed by atoms with E-state index < -0.39 is 18.0 Å². The summed E-state index contributed by atoms with van der Waals surface area (Å²) >= 11 is 8.27. The lowest BCUT2D eigenvalue weighted by Crippen LogP contribution is -2.45. The maximum absolute atomic E-state index is 14.3. The average molecular weight is 802 g/mol. The zero-order chi connectivity index (χ0) is 39.2. The number of halogens is 2. The van der Waals surface area contributed by atoms with Gasteiger partial charge in [0.25, 0.3) is 6.01 Å². The number of carboxylic acid groups (broad SMARTS) is 1. The molecule has 56 heavy (non-hydrogen) atoms. The van der Waals surface area contributed by atoms with Crippen molar-refractivity contribution in [2.24, 2.45) is 0 Å². The van der Waals surface area contributed by atoms with Gasteiger partial charge in [-0.05, 0) is 61.9 Å². The molecule has 0 saturated carbocycles. The minimum Gasteiger partial charge on any atom is -0.491 e. The Morgan fingerprint density at radius 1 is 1.04 bits per heavy atom. The molecule has 1 atom stereocenters. The van der Waals surface area contributed by atoms with Crippen LogP contribution in [0.5, 0.6) is 17.5 Å². The topological polar surface area (TPSA) is 148 Å². The van der Waals surface area contributed by atoms with Gasteiger partial charge in [0.2, 0.25) is 0 Å². The molecule has 4 aromatic heterocycles. The van der Waals surface area contributed by atoms with Crippen molar-refractivity contribution < 1.29 is 32.9 Å². The van der Waals surface area contributed by atoms with E-state index in [1.54, 1.807) is 24.4 Å². The van der Waals surface area contributed by atoms with Crippen LogP contribution in [0.4, 0.5) is 10.2 Å². The van der Waals surface area contributed by atoms with Crippen LogP contribution >= 0.6 is 22.9 Å². The highest BCUT2D eigenvalue weighted by molar-refractivity contribution is 7.22. The second-order valence-electron chi connectivity index (χ2n) is 13.3. The minimum absolute atomic E-state index is 0.0473. The van der Waals surface area contributed by atoms with Crippen LogP contribution in [0.2, 0.25) is 5.02 Å². The van der Waals surface area contributed by atoms with E-state index in [9.17, 15) is 14.3 Å². The summed E-state index contributed by atoms with van der Waals surface area (Å²) in [7, 11) is 2.12. The molecule has 0 bridgehead atoms. The molecule has 1 fully saturated rings. The number of carbonyl (C=O) groups is 1. The first-order chi connectivity index (χ1) is 27.2. The third-order valence-electron chi connectivity index (χ3n) is 9.51. The molecule has 2 N–H and O–H groups in total. The molecular formula is C40H41ClFN7O6S. The second kappa shape index (κ2) is 17.6. The van der Waals surface area contributed by atoms with Gasteiger partial charge in [-0.15, -0.1) is 11.3 Å². The number of fused-ring (bicyclic) bond motifs is 1. The number of likely N-dealkylation sites (N-methyl/N-ethyl adjacent to an activating group) is 1. The minimum atomic E-state index is -1.14. The van der Waals surface area contributed by atoms with Gasteiger partial charge in [-0.3, -0.25) is 4.90 Å². The summed E-state index contributed by atoms with van der Waals surface area (Å²) in [5.41, 5.74) is 3.30. The molecule has 1 aliphatic heterocycles. The van der Waals surface area contributed by atoms with Crippen molar-refractivity contribution in [1.29, 1.82) is 0 Å². The predicted octanol–water partition coefficient (Wildman–Crippen LogP) is 7.22. The van der Waals surface area contributed by atoms with Gasteiger partial charge in [0.15, 0.2) is 0 Å². The van der Waals surface area contributed by atoms with Gasteiger partial charge in [-0.1, -0.05) is 35.9 Å². The number of benzene rings is 2. The summed E-state index contributed by atoms with van der Waals surface area (Å²) in [4.78, 5) is 36.2. The number of piperazine rings is 1. The van der Waals surface area contributed by atoms with Gasteiger partial charge < -0.3 is 34.0 Å². The van der Waals surface area contributed by atoms with Gasteiger partial charge >= 0.3 is 12.0 Å². The van der Waals surface area contributed by atoms with Crippen LogP contribution < -0.4 is 19.5 Å². The van der Waals surface area contributed by atoms with Crippen molar-refractivity contribution >= 4 is 44.9 Å². The molecule has 0 aliphatic carbocycles. The Kier molecular flexibility index (Phi) is 12.2. The van der Waals surface area contributed by atoms with Crippen LogP contribution in [0.15, 0.2) is 71.5 Å². The monoisotopic (exact) mass is 801 g/mol. The third-order valence-corrected chi connectivity index (χ3v) is 11.1. The number of hydrogen-bond donors (Lipinski definition) is 2. The number of rotatable bonds is 16. The highest BCUT2D eigenvalue weighted by Gasteiger charge is 2.28. The lowest BCUT2D eigenvalue weighted by molar-refractivity contribution is -0.137. The molecule has 5 heterocycles. The van der Waals surface area contributed by atoms with Gasteiger partial charge in [-0.2, -0.15) is 9.37 Å². The Bertz CT molecular complexity index is 2310. The van der Waals surface area contributed by atoms with Crippen molar-refractivity contribution in [3.05, 3.63) is 95.0 Å². The summed E-state index contributed by atoms with van der Waals surface area (Å²) in [6.07, 6.45) is 3.00. The van der Waals surface area contributed by atoms with E-state index in [0.717, 1.165) is 32.7 Å². The smallest absolute Gasteiger partial charge is 0.326 e. The third kappa shape index (κ3) is 8.86. The number of aromatic nitrogens is 4. The first kappa shape index (κ1) is 38.9. The number of hydrogen-bond acceptors (Lipinski definition) is 13. The molecule has 1 aliphatic rings. The fourth-order valence-corrected chi connectivity index (χ4v) is 7.85. The van der Waals surface area contributed by atoms with E-state index in [-0.39, 0.29) is 30.6 Å². The second-order valence-corrected chi connectivity index (χ2v) is 14.6. The van der Waals surface area contributed by atoms with Gasteiger partial charge in [0.05, 0.1) is 27.6 Å². The molecule has 16 heteroatoms. The lowest BCUT2D eigenvalue weighted by Gasteiger charge is -2.32. The van der Waals surface area contributed by atoms with Crippen LogP contribution in [0.3, 0.4) is 0 Å².